The Balaban J connectivity index is 1.51. The van der Waals surface area contributed by atoms with Crippen LogP contribution in [0.15, 0.2) is 71.6 Å². The van der Waals surface area contributed by atoms with Gasteiger partial charge in [0, 0.05) is 22.6 Å². The molecule has 2 heterocycles. The SMILES string of the molecule is Cc1ccc(C)n1N1C(=O)/C(=C\c2ccccc2OCC(=O)Nc2ccccc2)SC1=S. The predicted octanol–water partition coefficient (Wildman–Crippen LogP) is 4.66. The third-order valence-corrected chi connectivity index (χ3v) is 6.11. The summed E-state index contributed by atoms with van der Waals surface area (Å²) in [7, 11) is 0. The van der Waals surface area contributed by atoms with Crippen LogP contribution in [-0.4, -0.2) is 27.4 Å². The molecular formula is C24H21N3O3S2. The molecule has 1 fully saturated rings. The van der Waals surface area contributed by atoms with E-state index in [0.717, 1.165) is 11.4 Å². The van der Waals surface area contributed by atoms with Gasteiger partial charge < -0.3 is 10.1 Å². The first kappa shape index (κ1) is 21.9. The molecule has 1 N–H and O–H groups in total. The average molecular weight is 464 g/mol. The van der Waals surface area contributed by atoms with Gasteiger partial charge in [-0.2, -0.15) is 5.01 Å². The Bertz CT molecular complexity index is 1200. The first-order chi connectivity index (χ1) is 15.4. The van der Waals surface area contributed by atoms with Crippen LogP contribution in [0.25, 0.3) is 6.08 Å². The molecule has 0 spiro atoms. The van der Waals surface area contributed by atoms with Crippen molar-refractivity contribution in [1.82, 2.24) is 4.68 Å². The van der Waals surface area contributed by atoms with Crippen LogP contribution in [0.3, 0.4) is 0 Å². The summed E-state index contributed by atoms with van der Waals surface area (Å²) >= 11 is 6.72. The molecule has 0 radical (unpaired) electrons. The summed E-state index contributed by atoms with van der Waals surface area (Å²) in [6, 6.07) is 20.4. The maximum atomic E-state index is 13.1. The Morgan fingerprint density at radius 1 is 1.03 bits per heavy atom. The number of carbonyl (C=O) groups excluding carboxylic acids is 2. The van der Waals surface area contributed by atoms with Crippen molar-refractivity contribution >= 4 is 51.9 Å². The lowest BCUT2D eigenvalue weighted by molar-refractivity contribution is -0.118. The summed E-state index contributed by atoms with van der Waals surface area (Å²) in [6.45, 7) is 3.71. The Hall–Kier alpha value is -3.36. The molecule has 0 unspecified atom stereocenters. The van der Waals surface area contributed by atoms with Gasteiger partial charge in [-0.15, -0.1) is 0 Å². The highest BCUT2D eigenvalue weighted by molar-refractivity contribution is 8.27. The molecule has 2 aromatic carbocycles. The van der Waals surface area contributed by atoms with Crippen LogP contribution >= 0.6 is 24.0 Å². The number of thioether (sulfide) groups is 1. The lowest BCUT2D eigenvalue weighted by Crippen LogP contribution is -2.39. The van der Waals surface area contributed by atoms with Gasteiger partial charge in [0.15, 0.2) is 10.9 Å². The van der Waals surface area contributed by atoms with E-state index in [-0.39, 0.29) is 18.4 Å². The molecule has 2 amide bonds. The lowest BCUT2D eigenvalue weighted by Gasteiger charge is -2.20. The molecule has 6 nitrogen and oxygen atoms in total. The van der Waals surface area contributed by atoms with Crippen molar-refractivity contribution in [3.05, 3.63) is 88.6 Å². The molecule has 1 saturated heterocycles. The summed E-state index contributed by atoms with van der Waals surface area (Å²) in [5.74, 6) is 0.0456. The third kappa shape index (κ3) is 4.61. The number of aromatic nitrogens is 1. The monoisotopic (exact) mass is 463 g/mol. The zero-order chi connectivity index (χ0) is 22.7. The van der Waals surface area contributed by atoms with Crippen molar-refractivity contribution < 1.29 is 14.3 Å². The minimum Gasteiger partial charge on any atom is -0.483 e. The number of carbonyl (C=O) groups is 2. The van der Waals surface area contributed by atoms with Crippen molar-refractivity contribution in [2.24, 2.45) is 0 Å². The summed E-state index contributed by atoms with van der Waals surface area (Å²) in [6.07, 6.45) is 1.75. The number of hydrogen-bond donors (Lipinski definition) is 1. The molecule has 162 valence electrons. The highest BCUT2D eigenvalue weighted by Gasteiger charge is 2.34. The number of anilines is 1. The van der Waals surface area contributed by atoms with Crippen molar-refractivity contribution in [2.75, 3.05) is 16.9 Å². The van der Waals surface area contributed by atoms with E-state index >= 15 is 0 Å². The smallest absolute Gasteiger partial charge is 0.285 e. The van der Waals surface area contributed by atoms with Crippen molar-refractivity contribution in [3.63, 3.8) is 0 Å². The number of hydrogen-bond acceptors (Lipinski definition) is 5. The Labute approximate surface area is 195 Å². The standard InChI is InChI=1S/C24H21N3O3S2/c1-16-12-13-17(2)26(16)27-23(29)21(32-24(27)31)14-18-8-6-7-11-20(18)30-15-22(28)25-19-9-4-3-5-10-19/h3-14H,15H2,1-2H3,(H,25,28)/b21-14+. The fraction of sp³-hybridized carbons (Fsp3) is 0.125. The minimum atomic E-state index is -0.268. The van der Waals surface area contributed by atoms with Gasteiger partial charge in [0.05, 0.1) is 4.91 Å². The maximum absolute atomic E-state index is 13.1. The van der Waals surface area contributed by atoms with Gasteiger partial charge in [-0.25, -0.2) is 0 Å². The molecule has 1 aromatic heterocycles. The zero-order valence-corrected chi connectivity index (χ0v) is 19.2. The molecule has 32 heavy (non-hydrogen) atoms. The molecule has 4 rings (SSSR count). The van der Waals surface area contributed by atoms with Gasteiger partial charge in [-0.05, 0) is 62.5 Å². The van der Waals surface area contributed by atoms with Gasteiger partial charge in [0.1, 0.15) is 5.75 Å². The van der Waals surface area contributed by atoms with Gasteiger partial charge in [-0.3, -0.25) is 14.3 Å². The molecule has 0 saturated carbocycles. The Morgan fingerprint density at radius 2 is 1.69 bits per heavy atom. The van der Waals surface area contributed by atoms with Gasteiger partial charge >= 0.3 is 0 Å². The number of amides is 2. The summed E-state index contributed by atoms with van der Waals surface area (Å²) < 4.78 is 8.03. The maximum Gasteiger partial charge on any atom is 0.285 e. The number of rotatable bonds is 6. The fourth-order valence-electron chi connectivity index (χ4n) is 3.34. The van der Waals surface area contributed by atoms with Crippen LogP contribution in [0.2, 0.25) is 0 Å². The van der Waals surface area contributed by atoms with E-state index in [2.05, 4.69) is 5.32 Å². The second-order valence-corrected chi connectivity index (χ2v) is 8.84. The molecule has 0 atom stereocenters. The summed E-state index contributed by atoms with van der Waals surface area (Å²) in [5, 5.41) is 4.29. The van der Waals surface area contributed by atoms with E-state index in [1.807, 2.05) is 79.2 Å². The molecule has 0 bridgehead atoms. The number of ether oxygens (including phenoxy) is 1. The van der Waals surface area contributed by atoms with Crippen molar-refractivity contribution in [1.29, 1.82) is 0 Å². The fourth-order valence-corrected chi connectivity index (χ4v) is 4.57. The highest BCUT2D eigenvalue weighted by atomic mass is 32.2. The largest absolute Gasteiger partial charge is 0.483 e. The third-order valence-electron chi connectivity index (χ3n) is 4.83. The van der Waals surface area contributed by atoms with E-state index < -0.39 is 0 Å². The zero-order valence-electron chi connectivity index (χ0n) is 17.6. The average Bonchev–Trinajstić information content (AvgIpc) is 3.25. The van der Waals surface area contributed by atoms with Crippen LogP contribution in [-0.2, 0) is 9.59 Å². The first-order valence-electron chi connectivity index (χ1n) is 9.94. The second-order valence-electron chi connectivity index (χ2n) is 7.16. The van der Waals surface area contributed by atoms with E-state index in [1.165, 1.54) is 16.8 Å². The van der Waals surface area contributed by atoms with Crippen molar-refractivity contribution in [3.8, 4) is 5.75 Å². The van der Waals surface area contributed by atoms with Crippen LogP contribution in [0.1, 0.15) is 17.0 Å². The quantitative estimate of drug-likeness (QED) is 0.426. The number of aryl methyl sites for hydroxylation is 2. The minimum absolute atomic E-state index is 0.150. The Kier molecular flexibility index (Phi) is 6.43. The van der Waals surface area contributed by atoms with Crippen LogP contribution in [0, 0.1) is 13.8 Å². The second kappa shape index (κ2) is 9.42. The van der Waals surface area contributed by atoms with Crippen molar-refractivity contribution in [2.45, 2.75) is 13.8 Å². The van der Waals surface area contributed by atoms with Gasteiger partial charge in [0.2, 0.25) is 0 Å². The van der Waals surface area contributed by atoms with Crippen LogP contribution in [0.4, 0.5) is 5.69 Å². The number of para-hydroxylation sites is 2. The number of benzene rings is 2. The molecule has 1 aliphatic heterocycles. The van der Waals surface area contributed by atoms with E-state index in [1.54, 1.807) is 12.1 Å². The molecular weight excluding hydrogens is 442 g/mol. The van der Waals surface area contributed by atoms with Crippen LogP contribution < -0.4 is 15.1 Å². The lowest BCUT2D eigenvalue weighted by atomic mass is 10.2. The molecule has 3 aromatic rings. The Morgan fingerprint density at radius 3 is 2.41 bits per heavy atom. The normalized spacial score (nSPS) is 14.8. The van der Waals surface area contributed by atoms with Crippen LogP contribution in [0.5, 0.6) is 5.75 Å². The molecule has 0 aliphatic carbocycles. The highest BCUT2D eigenvalue weighted by Crippen LogP contribution is 2.34. The summed E-state index contributed by atoms with van der Waals surface area (Å²) in [4.78, 5) is 25.9. The number of nitrogens with zero attached hydrogens (tertiary/aromatic N) is 2. The molecule has 8 heteroatoms. The predicted molar refractivity (Wildman–Crippen MR) is 132 cm³/mol. The van der Waals surface area contributed by atoms with Gasteiger partial charge in [0.25, 0.3) is 11.8 Å². The number of thiocarbonyl (C=S) groups is 1. The number of nitrogens with one attached hydrogen (secondary N) is 1. The topological polar surface area (TPSA) is 63.6 Å². The first-order valence-corrected chi connectivity index (χ1v) is 11.2. The van der Waals surface area contributed by atoms with Gasteiger partial charge in [-0.1, -0.05) is 48.2 Å². The molecule has 1 aliphatic rings. The van der Waals surface area contributed by atoms with E-state index in [4.69, 9.17) is 17.0 Å². The van der Waals surface area contributed by atoms with E-state index in [9.17, 15) is 9.59 Å². The summed E-state index contributed by atoms with van der Waals surface area (Å²) in [5.41, 5.74) is 3.25. The van der Waals surface area contributed by atoms with E-state index in [0.29, 0.717) is 26.2 Å².